The quantitative estimate of drug-likeness (QED) is 0.734. The molecule has 0 saturated carbocycles. The molecule has 2 saturated heterocycles. The number of carbonyl (C=O) groups is 1. The van der Waals surface area contributed by atoms with Gasteiger partial charge < -0.3 is 10.2 Å². The maximum Gasteiger partial charge on any atom is 0.226 e. The molecule has 0 aromatic rings. The first kappa shape index (κ1) is 11.9. The molecule has 0 aromatic carbocycles. The Bertz CT molecular complexity index is 257. The zero-order valence-corrected chi connectivity index (χ0v) is 10.6. The topological polar surface area (TPSA) is 32.3 Å². The highest BCUT2D eigenvalue weighted by atomic mass is 16.2. The van der Waals surface area contributed by atoms with Crippen molar-refractivity contribution >= 4 is 5.91 Å². The third-order valence-electron chi connectivity index (χ3n) is 3.86. The van der Waals surface area contributed by atoms with Crippen LogP contribution in [0.3, 0.4) is 0 Å². The minimum atomic E-state index is 0.239. The lowest BCUT2D eigenvalue weighted by molar-refractivity contribution is -0.139. The number of nitrogens with one attached hydrogen (secondary N) is 1. The van der Waals surface area contributed by atoms with Crippen molar-refractivity contribution in [2.24, 2.45) is 11.3 Å². The van der Waals surface area contributed by atoms with Gasteiger partial charge in [0, 0.05) is 19.6 Å². The summed E-state index contributed by atoms with van der Waals surface area (Å²) < 4.78 is 0. The molecule has 1 N–H and O–H groups in total. The number of likely N-dealkylation sites (tertiary alicyclic amines) is 1. The van der Waals surface area contributed by atoms with Crippen LogP contribution in [0.1, 0.15) is 39.5 Å². The smallest absolute Gasteiger partial charge is 0.226 e. The highest BCUT2D eigenvalue weighted by Crippen LogP contribution is 2.29. The van der Waals surface area contributed by atoms with E-state index in [1.54, 1.807) is 0 Å². The summed E-state index contributed by atoms with van der Waals surface area (Å²) in [6.07, 6.45) is 4.63. The van der Waals surface area contributed by atoms with Crippen molar-refractivity contribution in [3.8, 4) is 0 Å². The van der Waals surface area contributed by atoms with Gasteiger partial charge in [-0.05, 0) is 37.6 Å². The number of rotatable bonds is 1. The number of amides is 1. The van der Waals surface area contributed by atoms with Gasteiger partial charge in [0.15, 0.2) is 0 Å². The monoisotopic (exact) mass is 224 g/mol. The normalized spacial score (nSPS) is 30.1. The van der Waals surface area contributed by atoms with Crippen molar-refractivity contribution in [2.75, 3.05) is 26.2 Å². The summed E-state index contributed by atoms with van der Waals surface area (Å²) in [7, 11) is 0. The maximum absolute atomic E-state index is 12.3. The van der Waals surface area contributed by atoms with Gasteiger partial charge in [-0.1, -0.05) is 13.8 Å². The molecule has 2 rings (SSSR count). The van der Waals surface area contributed by atoms with Crippen LogP contribution < -0.4 is 5.32 Å². The second-order valence-corrected chi connectivity index (χ2v) is 6.07. The van der Waals surface area contributed by atoms with Gasteiger partial charge in [-0.3, -0.25) is 4.79 Å². The Morgan fingerprint density at radius 2 is 2.19 bits per heavy atom. The van der Waals surface area contributed by atoms with Gasteiger partial charge in [-0.25, -0.2) is 0 Å². The van der Waals surface area contributed by atoms with Crippen LogP contribution in [0, 0.1) is 11.3 Å². The van der Waals surface area contributed by atoms with E-state index in [1.807, 2.05) is 0 Å². The molecule has 3 nitrogen and oxygen atoms in total. The van der Waals surface area contributed by atoms with Crippen LogP contribution >= 0.6 is 0 Å². The van der Waals surface area contributed by atoms with Crippen molar-refractivity contribution in [2.45, 2.75) is 39.5 Å². The summed E-state index contributed by atoms with van der Waals surface area (Å²) >= 11 is 0. The van der Waals surface area contributed by atoms with Gasteiger partial charge in [0.25, 0.3) is 0 Å². The third-order valence-corrected chi connectivity index (χ3v) is 3.86. The molecule has 92 valence electrons. The Balaban J connectivity index is 1.93. The molecule has 1 atom stereocenters. The first-order valence-electron chi connectivity index (χ1n) is 6.58. The lowest BCUT2D eigenvalue weighted by Crippen LogP contribution is -2.48. The number of nitrogens with zero attached hydrogens (tertiary/aromatic N) is 1. The molecule has 2 fully saturated rings. The summed E-state index contributed by atoms with van der Waals surface area (Å²) in [5.41, 5.74) is 0.315. The van der Waals surface area contributed by atoms with E-state index in [0.29, 0.717) is 11.3 Å². The lowest BCUT2D eigenvalue weighted by Gasteiger charge is -2.40. The molecule has 0 spiro atoms. The molecule has 0 aromatic heterocycles. The Kier molecular flexibility index (Phi) is 3.53. The molecular weight excluding hydrogens is 200 g/mol. The van der Waals surface area contributed by atoms with Crippen LogP contribution in [0.25, 0.3) is 0 Å². The molecule has 1 unspecified atom stereocenters. The van der Waals surface area contributed by atoms with Gasteiger partial charge in [-0.2, -0.15) is 0 Å². The van der Waals surface area contributed by atoms with Gasteiger partial charge in [-0.15, -0.1) is 0 Å². The summed E-state index contributed by atoms with van der Waals surface area (Å²) in [6, 6.07) is 0. The summed E-state index contributed by atoms with van der Waals surface area (Å²) in [5.74, 6) is 0.627. The largest absolute Gasteiger partial charge is 0.342 e. The molecule has 1 amide bonds. The van der Waals surface area contributed by atoms with Gasteiger partial charge in [0.2, 0.25) is 5.91 Å². The Labute approximate surface area is 98.6 Å². The zero-order valence-electron chi connectivity index (χ0n) is 10.6. The van der Waals surface area contributed by atoms with Gasteiger partial charge >= 0.3 is 0 Å². The van der Waals surface area contributed by atoms with Crippen LogP contribution in [-0.4, -0.2) is 37.0 Å². The first-order chi connectivity index (χ1) is 7.58. The Morgan fingerprint density at radius 1 is 1.38 bits per heavy atom. The summed E-state index contributed by atoms with van der Waals surface area (Å²) in [6.45, 7) is 8.42. The molecular formula is C13H24N2O. The van der Waals surface area contributed by atoms with E-state index in [-0.39, 0.29) is 5.92 Å². The van der Waals surface area contributed by atoms with E-state index >= 15 is 0 Å². The van der Waals surface area contributed by atoms with Crippen LogP contribution in [0.5, 0.6) is 0 Å². The van der Waals surface area contributed by atoms with Crippen LogP contribution in [0.2, 0.25) is 0 Å². The van der Waals surface area contributed by atoms with E-state index in [4.69, 9.17) is 0 Å². The number of hydrogen-bond acceptors (Lipinski definition) is 2. The first-order valence-corrected chi connectivity index (χ1v) is 6.58. The summed E-state index contributed by atoms with van der Waals surface area (Å²) in [5, 5.41) is 3.33. The molecule has 0 aliphatic carbocycles. The second-order valence-electron chi connectivity index (χ2n) is 6.07. The minimum Gasteiger partial charge on any atom is -0.342 e. The fourth-order valence-electron chi connectivity index (χ4n) is 2.93. The molecule has 16 heavy (non-hydrogen) atoms. The number of piperidine rings is 2. The number of hydrogen-bond donors (Lipinski definition) is 1. The predicted octanol–water partition coefficient (Wildman–Crippen LogP) is 1.63. The van der Waals surface area contributed by atoms with Crippen LogP contribution in [0.4, 0.5) is 0 Å². The minimum absolute atomic E-state index is 0.239. The standard InChI is InChI=1S/C13H24N2O/c1-13(2)6-4-8-15(10-13)12(16)11-5-3-7-14-9-11/h11,14H,3-10H2,1-2H3. The van der Waals surface area contributed by atoms with E-state index < -0.39 is 0 Å². The molecule has 3 heteroatoms. The number of carbonyl (C=O) groups excluding carboxylic acids is 1. The lowest BCUT2D eigenvalue weighted by atomic mass is 9.83. The van der Waals surface area contributed by atoms with E-state index in [0.717, 1.165) is 39.0 Å². The zero-order chi connectivity index (χ0) is 11.6. The maximum atomic E-state index is 12.3. The second kappa shape index (κ2) is 4.74. The molecule has 2 heterocycles. The Hall–Kier alpha value is -0.570. The SMILES string of the molecule is CC1(C)CCCN(C(=O)C2CCCNC2)C1. The van der Waals surface area contributed by atoms with Crippen molar-refractivity contribution in [3.63, 3.8) is 0 Å². The average molecular weight is 224 g/mol. The van der Waals surface area contributed by atoms with Gasteiger partial charge in [0.05, 0.1) is 5.92 Å². The fourth-order valence-corrected chi connectivity index (χ4v) is 2.93. The third kappa shape index (κ3) is 2.76. The van der Waals surface area contributed by atoms with E-state index in [9.17, 15) is 4.79 Å². The van der Waals surface area contributed by atoms with Crippen molar-refractivity contribution in [3.05, 3.63) is 0 Å². The highest BCUT2D eigenvalue weighted by molar-refractivity contribution is 5.79. The van der Waals surface area contributed by atoms with Crippen molar-refractivity contribution < 1.29 is 4.79 Å². The molecule has 0 bridgehead atoms. The molecule has 0 radical (unpaired) electrons. The Morgan fingerprint density at radius 3 is 2.81 bits per heavy atom. The van der Waals surface area contributed by atoms with Gasteiger partial charge in [0.1, 0.15) is 0 Å². The van der Waals surface area contributed by atoms with Crippen LogP contribution in [0.15, 0.2) is 0 Å². The highest BCUT2D eigenvalue weighted by Gasteiger charge is 2.32. The molecule has 2 aliphatic heterocycles. The van der Waals surface area contributed by atoms with E-state index in [2.05, 4.69) is 24.1 Å². The fraction of sp³-hybridized carbons (Fsp3) is 0.923. The van der Waals surface area contributed by atoms with Crippen molar-refractivity contribution in [1.29, 1.82) is 0 Å². The average Bonchev–Trinajstić information content (AvgIpc) is 2.28. The van der Waals surface area contributed by atoms with Crippen molar-refractivity contribution in [1.82, 2.24) is 10.2 Å². The van der Waals surface area contributed by atoms with Crippen LogP contribution in [-0.2, 0) is 4.79 Å². The summed E-state index contributed by atoms with van der Waals surface area (Å²) in [4.78, 5) is 14.4. The van der Waals surface area contributed by atoms with E-state index in [1.165, 1.54) is 12.8 Å². The predicted molar refractivity (Wildman–Crippen MR) is 65.2 cm³/mol. The molecule has 2 aliphatic rings.